The zero-order chi connectivity index (χ0) is 9.80. The van der Waals surface area contributed by atoms with E-state index >= 15 is 0 Å². The zero-order valence-electron chi connectivity index (χ0n) is 8.74. The molecule has 1 fully saturated rings. The highest BCUT2D eigenvalue weighted by atomic mass is 15.2. The summed E-state index contributed by atoms with van der Waals surface area (Å²) in [7, 11) is 2.01. The molecule has 0 radical (unpaired) electrons. The molecule has 78 valence electrons. The molecule has 4 nitrogen and oxygen atoms in total. The maximum absolute atomic E-state index is 4.34. The number of nitrogens with one attached hydrogen (secondary N) is 1. The first-order chi connectivity index (χ1) is 6.84. The molecule has 4 heteroatoms. The van der Waals surface area contributed by atoms with Crippen molar-refractivity contribution in [2.24, 2.45) is 7.05 Å². The van der Waals surface area contributed by atoms with Crippen LogP contribution >= 0.6 is 0 Å². The molecular formula is C10H18N4. The monoisotopic (exact) mass is 194 g/mol. The lowest BCUT2D eigenvalue weighted by molar-refractivity contribution is 0.281. The van der Waals surface area contributed by atoms with Crippen molar-refractivity contribution >= 4 is 0 Å². The van der Waals surface area contributed by atoms with Gasteiger partial charge < -0.3 is 9.88 Å². The van der Waals surface area contributed by atoms with Crippen molar-refractivity contribution in [3.8, 4) is 0 Å². The normalized spacial score (nSPS) is 19.5. The topological polar surface area (TPSA) is 33.1 Å². The minimum Gasteiger partial charge on any atom is -0.340 e. The van der Waals surface area contributed by atoms with E-state index in [-0.39, 0.29) is 0 Å². The van der Waals surface area contributed by atoms with E-state index in [0.29, 0.717) is 0 Å². The average molecular weight is 194 g/mol. The molecule has 0 aromatic carbocycles. The second-order valence-corrected chi connectivity index (χ2v) is 3.91. The highest BCUT2D eigenvalue weighted by Gasteiger charge is 2.09. The van der Waals surface area contributed by atoms with E-state index in [1.165, 1.54) is 18.7 Å². The lowest BCUT2D eigenvalue weighted by atomic mass is 10.3. The third kappa shape index (κ3) is 2.56. The van der Waals surface area contributed by atoms with Crippen LogP contribution in [0.2, 0.25) is 0 Å². The number of hydrogen-bond donors (Lipinski definition) is 1. The molecule has 1 aromatic rings. The van der Waals surface area contributed by atoms with Gasteiger partial charge in [0.25, 0.3) is 0 Å². The second kappa shape index (κ2) is 4.57. The SMILES string of the molecule is Cn1cnc(CN2CCCNCC2)c1. The molecule has 2 rings (SSSR count). The fourth-order valence-electron chi connectivity index (χ4n) is 1.84. The number of nitrogens with zero attached hydrogens (tertiary/aromatic N) is 3. The number of imidazole rings is 1. The maximum Gasteiger partial charge on any atom is 0.0947 e. The fourth-order valence-corrected chi connectivity index (χ4v) is 1.84. The van der Waals surface area contributed by atoms with Crippen LogP contribution in [0.3, 0.4) is 0 Å². The summed E-state index contributed by atoms with van der Waals surface area (Å²) in [6.45, 7) is 5.56. The van der Waals surface area contributed by atoms with Crippen LogP contribution in [-0.4, -0.2) is 40.6 Å². The molecule has 1 N–H and O–H groups in total. The van der Waals surface area contributed by atoms with Crippen LogP contribution in [0.25, 0.3) is 0 Å². The quantitative estimate of drug-likeness (QED) is 0.731. The molecule has 0 spiro atoms. The fraction of sp³-hybridized carbons (Fsp3) is 0.700. The van der Waals surface area contributed by atoms with Gasteiger partial charge in [-0.15, -0.1) is 0 Å². The van der Waals surface area contributed by atoms with Gasteiger partial charge in [-0.2, -0.15) is 0 Å². The predicted molar refractivity (Wildman–Crippen MR) is 56.0 cm³/mol. The molecule has 1 saturated heterocycles. The van der Waals surface area contributed by atoms with E-state index in [1.807, 2.05) is 17.9 Å². The smallest absolute Gasteiger partial charge is 0.0947 e. The summed E-state index contributed by atoms with van der Waals surface area (Å²) in [5, 5.41) is 3.40. The highest BCUT2D eigenvalue weighted by molar-refractivity contribution is 4.96. The first-order valence-corrected chi connectivity index (χ1v) is 5.24. The van der Waals surface area contributed by atoms with Crippen molar-refractivity contribution in [3.05, 3.63) is 18.2 Å². The van der Waals surface area contributed by atoms with E-state index in [9.17, 15) is 0 Å². The Balaban J connectivity index is 1.89. The van der Waals surface area contributed by atoms with Crippen molar-refractivity contribution in [2.75, 3.05) is 26.2 Å². The number of rotatable bonds is 2. The molecule has 0 aliphatic carbocycles. The molecule has 1 aromatic heterocycles. The standard InChI is InChI=1S/C10H18N4/c1-13-7-10(12-9-13)8-14-5-2-3-11-4-6-14/h7,9,11H,2-6,8H2,1H3. The Morgan fingerprint density at radius 2 is 2.36 bits per heavy atom. The summed E-state index contributed by atoms with van der Waals surface area (Å²) in [5.41, 5.74) is 1.18. The van der Waals surface area contributed by atoms with Crippen LogP contribution in [0.5, 0.6) is 0 Å². The second-order valence-electron chi connectivity index (χ2n) is 3.91. The summed E-state index contributed by atoms with van der Waals surface area (Å²) < 4.78 is 2.01. The van der Waals surface area contributed by atoms with Gasteiger partial charge in [0.2, 0.25) is 0 Å². The summed E-state index contributed by atoms with van der Waals surface area (Å²) in [6, 6.07) is 0. The van der Waals surface area contributed by atoms with Gasteiger partial charge in [0, 0.05) is 32.9 Å². The molecule has 14 heavy (non-hydrogen) atoms. The first kappa shape index (κ1) is 9.68. The molecule has 0 saturated carbocycles. The summed E-state index contributed by atoms with van der Waals surface area (Å²) in [5.74, 6) is 0. The Kier molecular flexibility index (Phi) is 3.16. The first-order valence-electron chi connectivity index (χ1n) is 5.24. The van der Waals surface area contributed by atoms with Crippen LogP contribution in [0.4, 0.5) is 0 Å². The molecule has 0 atom stereocenters. The third-order valence-electron chi connectivity index (χ3n) is 2.58. The summed E-state index contributed by atoms with van der Waals surface area (Å²) >= 11 is 0. The van der Waals surface area contributed by atoms with Gasteiger partial charge in [-0.1, -0.05) is 0 Å². The van der Waals surface area contributed by atoms with E-state index in [1.54, 1.807) is 0 Å². The number of aryl methyl sites for hydroxylation is 1. The van der Waals surface area contributed by atoms with Gasteiger partial charge in [0.15, 0.2) is 0 Å². The lowest BCUT2D eigenvalue weighted by Crippen LogP contribution is -2.27. The largest absolute Gasteiger partial charge is 0.340 e. The van der Waals surface area contributed by atoms with Gasteiger partial charge in [0.1, 0.15) is 0 Å². The van der Waals surface area contributed by atoms with Crippen molar-refractivity contribution in [1.29, 1.82) is 0 Å². The highest BCUT2D eigenvalue weighted by Crippen LogP contribution is 2.03. The molecule has 0 bridgehead atoms. The molecule has 1 aliphatic heterocycles. The van der Waals surface area contributed by atoms with E-state index in [0.717, 1.165) is 26.2 Å². The molecule has 1 aliphatic rings. The van der Waals surface area contributed by atoms with Gasteiger partial charge in [0.05, 0.1) is 12.0 Å². The Labute approximate surface area is 84.9 Å². The zero-order valence-corrected chi connectivity index (χ0v) is 8.74. The van der Waals surface area contributed by atoms with Crippen LogP contribution < -0.4 is 5.32 Å². The number of aromatic nitrogens is 2. The van der Waals surface area contributed by atoms with Gasteiger partial charge in [-0.05, 0) is 19.5 Å². The Bertz CT molecular complexity index is 273. The van der Waals surface area contributed by atoms with Crippen LogP contribution in [0.1, 0.15) is 12.1 Å². The minimum absolute atomic E-state index is 0.989. The Morgan fingerprint density at radius 1 is 1.43 bits per heavy atom. The van der Waals surface area contributed by atoms with Crippen LogP contribution in [0.15, 0.2) is 12.5 Å². The molecular weight excluding hydrogens is 176 g/mol. The Morgan fingerprint density at radius 3 is 3.14 bits per heavy atom. The summed E-state index contributed by atoms with van der Waals surface area (Å²) in [4.78, 5) is 6.80. The van der Waals surface area contributed by atoms with E-state index < -0.39 is 0 Å². The molecule has 2 heterocycles. The molecule has 0 amide bonds. The van der Waals surface area contributed by atoms with Crippen molar-refractivity contribution < 1.29 is 0 Å². The van der Waals surface area contributed by atoms with Crippen LogP contribution in [0, 0.1) is 0 Å². The summed E-state index contributed by atoms with van der Waals surface area (Å²) in [6.07, 6.45) is 5.20. The molecule has 0 unspecified atom stereocenters. The van der Waals surface area contributed by atoms with E-state index in [2.05, 4.69) is 21.4 Å². The van der Waals surface area contributed by atoms with Crippen molar-refractivity contribution in [2.45, 2.75) is 13.0 Å². The van der Waals surface area contributed by atoms with Gasteiger partial charge in [-0.3, -0.25) is 4.90 Å². The van der Waals surface area contributed by atoms with Gasteiger partial charge >= 0.3 is 0 Å². The average Bonchev–Trinajstić information content (AvgIpc) is 2.43. The minimum atomic E-state index is 0.989. The van der Waals surface area contributed by atoms with Gasteiger partial charge in [-0.25, -0.2) is 4.98 Å². The maximum atomic E-state index is 4.34. The van der Waals surface area contributed by atoms with E-state index in [4.69, 9.17) is 0 Å². The predicted octanol–water partition coefficient (Wildman–Crippen LogP) is 0.215. The Hall–Kier alpha value is -0.870. The third-order valence-corrected chi connectivity index (χ3v) is 2.58. The van der Waals surface area contributed by atoms with Crippen molar-refractivity contribution in [3.63, 3.8) is 0 Å². The van der Waals surface area contributed by atoms with Crippen molar-refractivity contribution in [1.82, 2.24) is 19.8 Å². The number of hydrogen-bond acceptors (Lipinski definition) is 3. The van der Waals surface area contributed by atoms with Crippen LogP contribution in [-0.2, 0) is 13.6 Å². The lowest BCUT2D eigenvalue weighted by Gasteiger charge is -2.17.